The molecule has 1 aromatic carbocycles. The lowest BCUT2D eigenvalue weighted by Gasteiger charge is -2.12. The summed E-state index contributed by atoms with van der Waals surface area (Å²) >= 11 is 1.55. The highest BCUT2D eigenvalue weighted by Crippen LogP contribution is 2.18. The molecule has 0 saturated heterocycles. The van der Waals surface area contributed by atoms with E-state index in [1.807, 2.05) is 6.92 Å². The molecule has 0 aliphatic heterocycles. The maximum Gasteiger partial charge on any atom is 0.129 e. The summed E-state index contributed by atoms with van der Waals surface area (Å²) in [5.41, 5.74) is -0.0391. The molecule has 0 saturated carbocycles. The van der Waals surface area contributed by atoms with Crippen LogP contribution in [0, 0.1) is 18.6 Å². The average Bonchev–Trinajstić information content (AvgIpc) is 2.78. The van der Waals surface area contributed by atoms with Crippen molar-refractivity contribution < 1.29 is 13.9 Å². The van der Waals surface area contributed by atoms with Crippen LogP contribution in [0.4, 0.5) is 8.78 Å². The SMILES string of the molecule is Cc1cnc(CNCC(O)c2cc(F)ccc2F)s1. The summed E-state index contributed by atoms with van der Waals surface area (Å²) in [6.07, 6.45) is 0.682. The van der Waals surface area contributed by atoms with Crippen molar-refractivity contribution in [3.63, 3.8) is 0 Å². The minimum atomic E-state index is -1.09. The Bertz CT molecular complexity index is 559. The number of hydrogen-bond acceptors (Lipinski definition) is 4. The molecule has 1 heterocycles. The van der Waals surface area contributed by atoms with Crippen molar-refractivity contribution in [3.05, 3.63) is 51.5 Å². The van der Waals surface area contributed by atoms with Gasteiger partial charge in [0.2, 0.25) is 0 Å². The van der Waals surface area contributed by atoms with Gasteiger partial charge in [-0.25, -0.2) is 13.8 Å². The van der Waals surface area contributed by atoms with Gasteiger partial charge in [0.25, 0.3) is 0 Å². The van der Waals surface area contributed by atoms with Gasteiger partial charge in [0.1, 0.15) is 16.6 Å². The number of hydrogen-bond donors (Lipinski definition) is 2. The quantitative estimate of drug-likeness (QED) is 0.887. The van der Waals surface area contributed by atoms with E-state index in [-0.39, 0.29) is 12.1 Å². The van der Waals surface area contributed by atoms with Crippen molar-refractivity contribution in [3.8, 4) is 0 Å². The van der Waals surface area contributed by atoms with Crippen LogP contribution in [0.25, 0.3) is 0 Å². The molecule has 19 heavy (non-hydrogen) atoms. The lowest BCUT2D eigenvalue weighted by atomic mass is 10.1. The van der Waals surface area contributed by atoms with E-state index in [4.69, 9.17) is 0 Å². The number of aromatic nitrogens is 1. The number of nitrogens with one attached hydrogen (secondary N) is 1. The number of benzene rings is 1. The van der Waals surface area contributed by atoms with E-state index >= 15 is 0 Å². The van der Waals surface area contributed by atoms with Crippen LogP contribution in [0.5, 0.6) is 0 Å². The first kappa shape index (κ1) is 14.0. The Morgan fingerprint density at radius 3 is 2.89 bits per heavy atom. The number of thiazole rings is 1. The second-order valence-corrected chi connectivity index (χ2v) is 5.50. The van der Waals surface area contributed by atoms with Gasteiger partial charge >= 0.3 is 0 Å². The molecule has 2 N–H and O–H groups in total. The number of aliphatic hydroxyl groups excluding tert-OH is 1. The highest BCUT2D eigenvalue weighted by atomic mass is 32.1. The highest BCUT2D eigenvalue weighted by molar-refractivity contribution is 7.11. The normalized spacial score (nSPS) is 12.6. The topological polar surface area (TPSA) is 45.2 Å². The van der Waals surface area contributed by atoms with E-state index < -0.39 is 17.7 Å². The zero-order valence-corrected chi connectivity index (χ0v) is 11.2. The van der Waals surface area contributed by atoms with Crippen LogP contribution in [0.15, 0.2) is 24.4 Å². The Balaban J connectivity index is 1.90. The number of aryl methyl sites for hydroxylation is 1. The van der Waals surface area contributed by atoms with Gasteiger partial charge in [0.05, 0.1) is 6.10 Å². The summed E-state index contributed by atoms with van der Waals surface area (Å²) in [6.45, 7) is 2.59. The van der Waals surface area contributed by atoms with Gasteiger partial charge in [-0.3, -0.25) is 0 Å². The molecular formula is C13H14F2N2OS. The second-order valence-electron chi connectivity index (χ2n) is 4.18. The van der Waals surface area contributed by atoms with Crippen LogP contribution in [0.3, 0.4) is 0 Å². The summed E-state index contributed by atoms with van der Waals surface area (Å²) < 4.78 is 26.4. The van der Waals surface area contributed by atoms with Crippen LogP contribution in [0.1, 0.15) is 21.6 Å². The molecule has 3 nitrogen and oxygen atoms in total. The van der Waals surface area contributed by atoms with E-state index in [1.54, 1.807) is 17.5 Å². The molecule has 1 unspecified atom stereocenters. The zero-order valence-electron chi connectivity index (χ0n) is 10.4. The Labute approximate surface area is 113 Å². The van der Waals surface area contributed by atoms with Crippen LogP contribution in [0.2, 0.25) is 0 Å². The van der Waals surface area contributed by atoms with Crippen molar-refractivity contribution in [2.75, 3.05) is 6.54 Å². The van der Waals surface area contributed by atoms with E-state index in [1.165, 1.54) is 0 Å². The number of rotatable bonds is 5. The highest BCUT2D eigenvalue weighted by Gasteiger charge is 2.13. The molecule has 1 aromatic heterocycles. The van der Waals surface area contributed by atoms with Gasteiger partial charge < -0.3 is 10.4 Å². The predicted molar refractivity (Wildman–Crippen MR) is 69.9 cm³/mol. The molecule has 0 aliphatic rings. The van der Waals surface area contributed by atoms with Crippen molar-refractivity contribution in [1.29, 1.82) is 0 Å². The minimum Gasteiger partial charge on any atom is -0.387 e. The third-order valence-electron chi connectivity index (χ3n) is 2.60. The fourth-order valence-electron chi connectivity index (χ4n) is 1.68. The van der Waals surface area contributed by atoms with Gasteiger partial charge in [0, 0.05) is 29.7 Å². The standard InChI is InChI=1S/C13H14F2N2OS/c1-8-5-17-13(19-8)7-16-6-12(18)10-4-9(14)2-3-11(10)15/h2-5,12,16,18H,6-7H2,1H3. The molecular weight excluding hydrogens is 270 g/mol. The number of aliphatic hydroxyl groups is 1. The summed E-state index contributed by atoms with van der Waals surface area (Å²) in [5, 5.41) is 13.7. The van der Waals surface area contributed by atoms with Gasteiger partial charge in [-0.15, -0.1) is 11.3 Å². The molecule has 6 heteroatoms. The fourth-order valence-corrected chi connectivity index (χ4v) is 2.44. The zero-order chi connectivity index (χ0) is 13.8. The van der Waals surface area contributed by atoms with Crippen LogP contribution in [-0.4, -0.2) is 16.6 Å². The van der Waals surface area contributed by atoms with E-state index in [2.05, 4.69) is 10.3 Å². The molecule has 0 bridgehead atoms. The summed E-state index contributed by atoms with van der Waals surface area (Å²) in [6, 6.07) is 3.05. The monoisotopic (exact) mass is 284 g/mol. The van der Waals surface area contributed by atoms with Crippen molar-refractivity contribution in [2.24, 2.45) is 0 Å². The molecule has 0 spiro atoms. The maximum atomic E-state index is 13.4. The van der Waals surface area contributed by atoms with Gasteiger partial charge in [0.15, 0.2) is 0 Å². The number of halogens is 2. The van der Waals surface area contributed by atoms with Crippen LogP contribution < -0.4 is 5.32 Å². The lowest BCUT2D eigenvalue weighted by molar-refractivity contribution is 0.169. The van der Waals surface area contributed by atoms with Gasteiger partial charge in [-0.05, 0) is 25.1 Å². The molecule has 2 rings (SSSR count). The molecule has 102 valence electrons. The third kappa shape index (κ3) is 3.79. The molecule has 0 amide bonds. The first-order valence-corrected chi connectivity index (χ1v) is 6.63. The summed E-state index contributed by atoms with van der Waals surface area (Å²) in [4.78, 5) is 5.26. The molecule has 0 fully saturated rings. The summed E-state index contributed by atoms with van der Waals surface area (Å²) in [7, 11) is 0. The third-order valence-corrected chi connectivity index (χ3v) is 3.51. The fraction of sp³-hybridized carbons (Fsp3) is 0.308. The maximum absolute atomic E-state index is 13.4. The molecule has 2 aromatic rings. The Morgan fingerprint density at radius 1 is 1.42 bits per heavy atom. The smallest absolute Gasteiger partial charge is 0.129 e. The summed E-state index contributed by atoms with van der Waals surface area (Å²) in [5.74, 6) is -1.17. The van der Waals surface area contributed by atoms with E-state index in [0.29, 0.717) is 6.54 Å². The van der Waals surface area contributed by atoms with Gasteiger partial charge in [-0.2, -0.15) is 0 Å². The van der Waals surface area contributed by atoms with Gasteiger partial charge in [-0.1, -0.05) is 0 Å². The predicted octanol–water partition coefficient (Wildman–Crippen LogP) is 2.55. The van der Waals surface area contributed by atoms with Crippen LogP contribution >= 0.6 is 11.3 Å². The Morgan fingerprint density at radius 2 is 2.21 bits per heavy atom. The Kier molecular flexibility index (Phi) is 4.57. The average molecular weight is 284 g/mol. The van der Waals surface area contributed by atoms with Crippen molar-refractivity contribution >= 4 is 11.3 Å². The van der Waals surface area contributed by atoms with Crippen molar-refractivity contribution in [1.82, 2.24) is 10.3 Å². The number of nitrogens with zero attached hydrogens (tertiary/aromatic N) is 1. The van der Waals surface area contributed by atoms with Crippen LogP contribution in [-0.2, 0) is 6.54 Å². The minimum absolute atomic E-state index is 0.0391. The lowest BCUT2D eigenvalue weighted by Crippen LogP contribution is -2.21. The largest absolute Gasteiger partial charge is 0.387 e. The molecule has 0 aliphatic carbocycles. The second kappa shape index (κ2) is 6.18. The van der Waals surface area contributed by atoms with E-state index in [9.17, 15) is 13.9 Å². The first-order valence-electron chi connectivity index (χ1n) is 5.81. The van der Waals surface area contributed by atoms with Crippen molar-refractivity contribution in [2.45, 2.75) is 19.6 Å². The molecule has 0 radical (unpaired) electrons. The Hall–Kier alpha value is -1.37. The first-order chi connectivity index (χ1) is 9.06. The van der Waals surface area contributed by atoms with E-state index in [0.717, 1.165) is 28.1 Å². The molecule has 1 atom stereocenters.